The number of benzene rings is 1. The van der Waals surface area contributed by atoms with Crippen LogP contribution in [0.5, 0.6) is 0 Å². The highest BCUT2D eigenvalue weighted by molar-refractivity contribution is 9.10. The van der Waals surface area contributed by atoms with Crippen LogP contribution in [0.25, 0.3) is 0 Å². The molecule has 1 aromatic carbocycles. The molecule has 3 aliphatic carbocycles. The molecule has 108 valence electrons. The average molecular weight is 343 g/mol. The lowest BCUT2D eigenvalue weighted by Gasteiger charge is -2.16. The van der Waals surface area contributed by atoms with Gasteiger partial charge in [-0.3, -0.25) is 0 Å². The quantitative estimate of drug-likeness (QED) is 0.825. The van der Waals surface area contributed by atoms with E-state index in [4.69, 9.17) is 0 Å². The Kier molecular flexibility index (Phi) is 2.97. The number of rotatable bonds is 3. The molecule has 4 heteroatoms. The first kappa shape index (κ1) is 13.2. The molecule has 0 heterocycles. The zero-order valence-electron chi connectivity index (χ0n) is 11.0. The van der Waals surface area contributed by atoms with Gasteiger partial charge in [0.15, 0.2) is 0 Å². The minimum Gasteiger partial charge on any atom is -0.392 e. The van der Waals surface area contributed by atoms with Gasteiger partial charge in [0, 0.05) is 12.0 Å². The Morgan fingerprint density at radius 1 is 1.20 bits per heavy atom. The van der Waals surface area contributed by atoms with Crippen molar-refractivity contribution in [1.82, 2.24) is 0 Å². The number of halogens is 3. The lowest BCUT2D eigenvalue weighted by Crippen LogP contribution is -2.20. The van der Waals surface area contributed by atoms with Crippen LogP contribution in [0, 0.1) is 41.2 Å². The third-order valence-electron chi connectivity index (χ3n) is 5.79. The van der Waals surface area contributed by atoms with E-state index in [0.29, 0.717) is 11.8 Å². The first-order chi connectivity index (χ1) is 9.58. The zero-order valence-corrected chi connectivity index (χ0v) is 12.6. The smallest absolute Gasteiger partial charge is 0.143 e. The van der Waals surface area contributed by atoms with E-state index in [1.165, 1.54) is 31.4 Å². The fraction of sp³-hybridized carbons (Fsp3) is 0.625. The maximum Gasteiger partial charge on any atom is 0.143 e. The van der Waals surface area contributed by atoms with Gasteiger partial charge < -0.3 is 5.11 Å². The van der Waals surface area contributed by atoms with Crippen molar-refractivity contribution in [3.63, 3.8) is 0 Å². The van der Waals surface area contributed by atoms with E-state index in [1.807, 2.05) is 0 Å². The van der Waals surface area contributed by atoms with Crippen LogP contribution in [0.15, 0.2) is 16.6 Å². The molecule has 3 fully saturated rings. The van der Waals surface area contributed by atoms with E-state index in [1.54, 1.807) is 0 Å². The molecule has 0 spiro atoms. The van der Waals surface area contributed by atoms with Crippen LogP contribution < -0.4 is 0 Å². The molecule has 20 heavy (non-hydrogen) atoms. The summed E-state index contributed by atoms with van der Waals surface area (Å²) in [4.78, 5) is 0. The SMILES string of the molecule is OC(Cc1c(F)ccc(Br)c1F)C1C2C3CCC(C3)C12. The van der Waals surface area contributed by atoms with Gasteiger partial charge in [0.25, 0.3) is 0 Å². The van der Waals surface area contributed by atoms with E-state index in [9.17, 15) is 13.9 Å². The van der Waals surface area contributed by atoms with E-state index in [0.717, 1.165) is 11.8 Å². The Balaban J connectivity index is 1.52. The Morgan fingerprint density at radius 3 is 2.50 bits per heavy atom. The Morgan fingerprint density at radius 2 is 1.85 bits per heavy atom. The summed E-state index contributed by atoms with van der Waals surface area (Å²) < 4.78 is 28.0. The van der Waals surface area contributed by atoms with Gasteiger partial charge in [-0.25, -0.2) is 8.78 Å². The van der Waals surface area contributed by atoms with Crippen molar-refractivity contribution in [2.45, 2.75) is 31.8 Å². The second kappa shape index (κ2) is 4.51. The second-order valence-corrected chi connectivity index (χ2v) is 7.51. The molecule has 0 aromatic heterocycles. The molecule has 0 radical (unpaired) electrons. The summed E-state index contributed by atoms with van der Waals surface area (Å²) in [7, 11) is 0. The van der Waals surface area contributed by atoms with E-state index in [-0.39, 0.29) is 22.4 Å². The van der Waals surface area contributed by atoms with Crippen LogP contribution in [-0.2, 0) is 6.42 Å². The highest BCUT2D eigenvalue weighted by Crippen LogP contribution is 2.70. The average Bonchev–Trinajstić information content (AvgIpc) is 2.88. The lowest BCUT2D eigenvalue weighted by molar-refractivity contribution is 0.126. The van der Waals surface area contributed by atoms with Crippen molar-refractivity contribution in [1.29, 1.82) is 0 Å². The molecule has 1 aromatic rings. The first-order valence-corrected chi connectivity index (χ1v) is 8.17. The van der Waals surface area contributed by atoms with Crippen molar-refractivity contribution in [2.75, 3.05) is 0 Å². The monoisotopic (exact) mass is 342 g/mol. The van der Waals surface area contributed by atoms with Gasteiger partial charge in [0.2, 0.25) is 0 Å². The first-order valence-electron chi connectivity index (χ1n) is 7.38. The minimum atomic E-state index is -0.605. The van der Waals surface area contributed by atoms with Crippen LogP contribution in [0.3, 0.4) is 0 Å². The van der Waals surface area contributed by atoms with E-state index < -0.39 is 17.7 Å². The van der Waals surface area contributed by atoms with Gasteiger partial charge in [-0.15, -0.1) is 0 Å². The van der Waals surface area contributed by atoms with Crippen LogP contribution in [0.2, 0.25) is 0 Å². The normalized spacial score (nSPS) is 38.9. The van der Waals surface area contributed by atoms with Crippen molar-refractivity contribution in [3.8, 4) is 0 Å². The number of hydrogen-bond donors (Lipinski definition) is 1. The molecule has 0 saturated heterocycles. The Bertz CT molecular complexity index is 546. The summed E-state index contributed by atoms with van der Waals surface area (Å²) in [6, 6.07) is 2.62. The van der Waals surface area contributed by atoms with Crippen molar-refractivity contribution in [2.24, 2.45) is 29.6 Å². The lowest BCUT2D eigenvalue weighted by atomic mass is 9.95. The standard InChI is InChI=1S/C16H17BrF2O/c17-10-3-4-11(18)9(16(10)19)6-12(20)15-13-7-1-2-8(5-7)14(13)15/h3-4,7-8,12-15,20H,1-2,5-6H2. The van der Waals surface area contributed by atoms with Gasteiger partial charge >= 0.3 is 0 Å². The number of fused-ring (bicyclic) bond motifs is 5. The molecule has 3 saturated carbocycles. The minimum absolute atomic E-state index is 0.0178. The number of aliphatic hydroxyl groups excluding tert-OH is 1. The number of aliphatic hydroxyl groups is 1. The Hall–Kier alpha value is -0.480. The largest absolute Gasteiger partial charge is 0.392 e. The molecule has 3 aliphatic rings. The predicted molar refractivity (Wildman–Crippen MR) is 75.1 cm³/mol. The fourth-order valence-electron chi connectivity index (χ4n) is 5.01. The summed E-state index contributed by atoms with van der Waals surface area (Å²) in [6.07, 6.45) is 3.38. The van der Waals surface area contributed by atoms with Crippen LogP contribution in [0.1, 0.15) is 24.8 Å². The van der Waals surface area contributed by atoms with Gasteiger partial charge in [-0.1, -0.05) is 0 Å². The van der Waals surface area contributed by atoms with E-state index in [2.05, 4.69) is 15.9 Å². The van der Waals surface area contributed by atoms with Crippen LogP contribution in [0.4, 0.5) is 8.78 Å². The maximum atomic E-state index is 14.0. The molecule has 4 rings (SSSR count). The molecule has 1 N–H and O–H groups in total. The third kappa shape index (κ3) is 1.80. The molecule has 0 amide bonds. The molecular weight excluding hydrogens is 326 g/mol. The number of hydrogen-bond acceptors (Lipinski definition) is 1. The summed E-state index contributed by atoms with van der Waals surface area (Å²) in [5.41, 5.74) is 0.0178. The molecule has 5 unspecified atom stereocenters. The van der Waals surface area contributed by atoms with Crippen molar-refractivity contribution in [3.05, 3.63) is 33.8 Å². The summed E-state index contributed by atoms with van der Waals surface area (Å²) in [6.45, 7) is 0. The summed E-state index contributed by atoms with van der Waals surface area (Å²) >= 11 is 3.08. The molecule has 1 nitrogen and oxygen atoms in total. The van der Waals surface area contributed by atoms with E-state index >= 15 is 0 Å². The predicted octanol–water partition coefficient (Wildman–Crippen LogP) is 3.92. The summed E-state index contributed by atoms with van der Waals surface area (Å²) in [5.74, 6) is 1.93. The van der Waals surface area contributed by atoms with Crippen molar-refractivity contribution >= 4 is 15.9 Å². The van der Waals surface area contributed by atoms with Crippen molar-refractivity contribution < 1.29 is 13.9 Å². The molecule has 5 atom stereocenters. The highest BCUT2D eigenvalue weighted by atomic mass is 79.9. The van der Waals surface area contributed by atoms with Gasteiger partial charge in [0.1, 0.15) is 11.6 Å². The van der Waals surface area contributed by atoms with Crippen LogP contribution in [-0.4, -0.2) is 11.2 Å². The fourth-order valence-corrected chi connectivity index (χ4v) is 5.38. The van der Waals surface area contributed by atoms with Gasteiger partial charge in [0.05, 0.1) is 10.6 Å². The maximum absolute atomic E-state index is 14.0. The zero-order chi connectivity index (χ0) is 14.0. The van der Waals surface area contributed by atoms with Gasteiger partial charge in [-0.2, -0.15) is 0 Å². The molecule has 2 bridgehead atoms. The molecular formula is C16H17BrF2O. The third-order valence-corrected chi connectivity index (χ3v) is 6.40. The van der Waals surface area contributed by atoms with Gasteiger partial charge in [-0.05, 0) is 76.9 Å². The van der Waals surface area contributed by atoms with Crippen LogP contribution >= 0.6 is 15.9 Å². The summed E-state index contributed by atoms with van der Waals surface area (Å²) in [5, 5.41) is 10.4. The Labute approximate surface area is 125 Å². The second-order valence-electron chi connectivity index (χ2n) is 6.66. The molecule has 0 aliphatic heterocycles. The highest BCUT2D eigenvalue weighted by Gasteiger charge is 2.66. The topological polar surface area (TPSA) is 20.2 Å².